The molecule has 0 aromatic heterocycles. The van der Waals surface area contributed by atoms with Crippen LogP contribution in [0.4, 0.5) is 0 Å². The van der Waals surface area contributed by atoms with Crippen molar-refractivity contribution in [1.82, 2.24) is 9.97 Å². The average Bonchev–Trinajstić information content (AvgIpc) is 2.17. The molecule has 2 aliphatic heterocycles. The third-order valence-electron chi connectivity index (χ3n) is 1.89. The van der Waals surface area contributed by atoms with Gasteiger partial charge in [0.1, 0.15) is 0 Å². The molecule has 70 valence electrons. The maximum absolute atomic E-state index is 3.29. The summed E-state index contributed by atoms with van der Waals surface area (Å²) < 4.78 is 0. The van der Waals surface area contributed by atoms with Gasteiger partial charge in [-0.3, -0.25) is 0 Å². The van der Waals surface area contributed by atoms with Gasteiger partial charge in [0.15, 0.2) is 0 Å². The van der Waals surface area contributed by atoms with Gasteiger partial charge < -0.3 is 9.97 Å². The molecule has 13 heavy (non-hydrogen) atoms. The highest BCUT2D eigenvalue weighted by molar-refractivity contribution is 7.68. The van der Waals surface area contributed by atoms with E-state index in [1.165, 1.54) is 16.3 Å². The van der Waals surface area contributed by atoms with Crippen molar-refractivity contribution in [2.75, 3.05) is 0 Å². The van der Waals surface area contributed by atoms with Gasteiger partial charge >= 0.3 is 0 Å². The van der Waals surface area contributed by atoms with E-state index in [2.05, 4.69) is 29.2 Å². The van der Waals surface area contributed by atoms with Crippen molar-refractivity contribution in [3.8, 4) is 11.4 Å². The summed E-state index contributed by atoms with van der Waals surface area (Å²) in [6, 6.07) is 0. The first-order chi connectivity index (χ1) is 6.29. The number of rotatable bonds is 1. The topological polar surface area (TPSA) is 31.6 Å². The van der Waals surface area contributed by atoms with Gasteiger partial charge in [0, 0.05) is 22.7 Å². The lowest BCUT2D eigenvalue weighted by molar-refractivity contribution is 0.882. The van der Waals surface area contributed by atoms with Gasteiger partial charge in [-0.1, -0.05) is 34.5 Å². The van der Waals surface area contributed by atoms with Crippen LogP contribution in [0.3, 0.4) is 0 Å². The third-order valence-corrected chi connectivity index (χ3v) is 4.29. The molecule has 2 nitrogen and oxygen atoms in total. The van der Waals surface area contributed by atoms with Gasteiger partial charge in [0.25, 0.3) is 0 Å². The Hall–Kier alpha value is -0.740. The molecular weight excluding hydrogens is 200 g/mol. The van der Waals surface area contributed by atoms with Crippen LogP contribution in [0, 0.1) is 0 Å². The predicted molar refractivity (Wildman–Crippen MR) is 59.2 cm³/mol. The van der Waals surface area contributed by atoms with Gasteiger partial charge in [-0.2, -0.15) is 0 Å². The Morgan fingerprint density at radius 2 is 2.00 bits per heavy atom. The highest BCUT2D eigenvalue weighted by Crippen LogP contribution is 2.32. The van der Waals surface area contributed by atoms with Crippen LogP contribution in [-0.4, -0.2) is 9.97 Å². The first-order valence-electron chi connectivity index (χ1n) is 4.25. The van der Waals surface area contributed by atoms with E-state index in [9.17, 15) is 0 Å². The lowest BCUT2D eigenvalue weighted by Crippen LogP contribution is -1.95. The summed E-state index contributed by atoms with van der Waals surface area (Å²) >= 11 is 0. The Balaban J connectivity index is 2.67. The normalized spacial score (nSPS) is 11.0. The number of hydrogen-bond acceptors (Lipinski definition) is 2. The van der Waals surface area contributed by atoms with Crippen molar-refractivity contribution in [2.45, 2.75) is 19.8 Å². The van der Waals surface area contributed by atoms with Crippen LogP contribution in [0.5, 0.6) is 0 Å². The van der Waals surface area contributed by atoms with Crippen LogP contribution in [0.25, 0.3) is 11.4 Å². The first kappa shape index (κ1) is 8.84. The summed E-state index contributed by atoms with van der Waals surface area (Å²) in [6.45, 7) is 4.44. The smallest absolute Gasteiger partial charge is 0.0772 e. The molecule has 0 bridgehead atoms. The minimum Gasteiger partial charge on any atom is -0.358 e. The molecule has 0 saturated carbocycles. The monoisotopic (exact) mass is 212 g/mol. The summed E-state index contributed by atoms with van der Waals surface area (Å²) in [5.41, 5.74) is 2.43. The summed E-state index contributed by atoms with van der Waals surface area (Å²) in [6.07, 6.45) is 3.86. The number of nitrogens with one attached hydrogen (secondary N) is 2. The second-order valence-electron chi connectivity index (χ2n) is 3.23. The molecule has 0 aromatic rings. The van der Waals surface area contributed by atoms with Gasteiger partial charge in [-0.05, 0) is 5.92 Å². The first-order valence-corrected chi connectivity index (χ1v) is 6.46. The molecule has 2 heterocycles. The molecule has 4 heteroatoms. The number of aromatic nitrogens is 2. The largest absolute Gasteiger partial charge is 0.358 e. The zero-order chi connectivity index (χ0) is 9.26. The second kappa shape index (κ2) is 3.55. The number of hydrogen-bond donors (Lipinski definition) is 2. The number of aromatic amines is 2. The Bertz CT molecular complexity index is 389. The minimum absolute atomic E-state index is 0.581. The Morgan fingerprint density at radius 3 is 2.77 bits per heavy atom. The van der Waals surface area contributed by atoms with Crippen LogP contribution in [-0.2, 0) is 0 Å². The van der Waals surface area contributed by atoms with Gasteiger partial charge in [0.2, 0.25) is 0 Å². The van der Waals surface area contributed by atoms with E-state index in [-0.39, 0.29) is 0 Å². The van der Waals surface area contributed by atoms with Gasteiger partial charge in [0.05, 0.1) is 11.4 Å². The van der Waals surface area contributed by atoms with E-state index >= 15 is 0 Å². The van der Waals surface area contributed by atoms with Crippen molar-refractivity contribution in [1.29, 1.82) is 0 Å². The van der Waals surface area contributed by atoms with E-state index in [0.29, 0.717) is 5.92 Å². The molecule has 0 aromatic carbocycles. The fourth-order valence-electron chi connectivity index (χ4n) is 1.25. The summed E-state index contributed by atoms with van der Waals surface area (Å²) in [4.78, 5) is 7.93. The van der Waals surface area contributed by atoms with Crippen LogP contribution in [0.1, 0.15) is 24.6 Å². The molecule has 2 aliphatic rings. The number of fused-ring (bicyclic) bond motifs is 1. The Kier molecular flexibility index (Phi) is 2.42. The van der Waals surface area contributed by atoms with Crippen molar-refractivity contribution in [2.24, 2.45) is 0 Å². The van der Waals surface area contributed by atoms with Gasteiger partial charge in [-0.15, -0.1) is 0 Å². The van der Waals surface area contributed by atoms with E-state index in [1.54, 1.807) is 10.3 Å². The van der Waals surface area contributed by atoms with Gasteiger partial charge in [-0.25, -0.2) is 0 Å². The molecule has 2 N–H and O–H groups in total. The van der Waals surface area contributed by atoms with E-state index in [0.717, 1.165) is 0 Å². The quantitative estimate of drug-likeness (QED) is 0.674. The highest BCUT2D eigenvalue weighted by atomic mass is 32.9. The molecule has 0 unspecified atom stereocenters. The summed E-state index contributed by atoms with van der Waals surface area (Å²) in [5, 5.41) is 2.14. The lowest BCUT2D eigenvalue weighted by atomic mass is 10.1. The molecule has 0 amide bonds. The maximum Gasteiger partial charge on any atom is 0.0772 e. The third kappa shape index (κ3) is 1.64. The second-order valence-corrected chi connectivity index (χ2v) is 5.34. The maximum atomic E-state index is 3.29. The molecule has 2 rings (SSSR count). The van der Waals surface area contributed by atoms with E-state index in [4.69, 9.17) is 0 Å². The lowest BCUT2D eigenvalue weighted by Gasteiger charge is -2.11. The standard InChI is InChI=1S/C9H12N2S2/c1-6(2)9-8-7(5-12-13-9)10-3-4-11-8/h3-6,10-11H,1-2H3. The molecule has 0 aliphatic carbocycles. The van der Waals surface area contributed by atoms with Crippen molar-refractivity contribution in [3.05, 3.63) is 22.7 Å². The summed E-state index contributed by atoms with van der Waals surface area (Å²) in [5.74, 6) is 0.581. The molecule has 0 spiro atoms. The Morgan fingerprint density at radius 1 is 1.23 bits per heavy atom. The fraction of sp³-hybridized carbons (Fsp3) is 0.333. The SMILES string of the molecule is CC(C)c1sscc2[nH]cc[nH]c1-2. The zero-order valence-corrected chi connectivity index (χ0v) is 9.26. The van der Waals surface area contributed by atoms with Crippen LogP contribution in [0.2, 0.25) is 0 Å². The predicted octanol–water partition coefficient (Wildman–Crippen LogP) is 3.82. The summed E-state index contributed by atoms with van der Waals surface area (Å²) in [7, 11) is 3.62. The highest BCUT2D eigenvalue weighted by Gasteiger charge is 2.10. The van der Waals surface area contributed by atoms with E-state index in [1.807, 2.05) is 22.7 Å². The van der Waals surface area contributed by atoms with Crippen molar-refractivity contribution in [3.63, 3.8) is 0 Å². The molecule has 0 saturated heterocycles. The number of H-pyrrole nitrogens is 2. The average molecular weight is 212 g/mol. The van der Waals surface area contributed by atoms with Crippen molar-refractivity contribution >= 4 is 20.7 Å². The Labute approximate surface area is 84.7 Å². The van der Waals surface area contributed by atoms with Crippen LogP contribution in [0.15, 0.2) is 17.8 Å². The fourth-order valence-corrected chi connectivity index (χ4v) is 3.70. The van der Waals surface area contributed by atoms with Crippen molar-refractivity contribution < 1.29 is 0 Å². The minimum atomic E-state index is 0.581. The molecule has 0 atom stereocenters. The van der Waals surface area contributed by atoms with E-state index < -0.39 is 0 Å². The zero-order valence-electron chi connectivity index (χ0n) is 7.63. The van der Waals surface area contributed by atoms with Crippen LogP contribution >= 0.6 is 20.7 Å². The van der Waals surface area contributed by atoms with Crippen LogP contribution < -0.4 is 0 Å². The molecule has 0 fully saturated rings. The molecular formula is C9H12N2S2. The molecule has 0 radical (unpaired) electrons.